The largest absolute Gasteiger partial charge is 0.389 e. The first-order chi connectivity index (χ1) is 7.05. The van der Waals surface area contributed by atoms with Gasteiger partial charge in [-0.2, -0.15) is 0 Å². The van der Waals surface area contributed by atoms with Gasteiger partial charge >= 0.3 is 6.00 Å². The van der Waals surface area contributed by atoms with Gasteiger partial charge in [0.2, 0.25) is 5.29 Å². The van der Waals surface area contributed by atoms with Crippen molar-refractivity contribution < 1.29 is 26.3 Å². The van der Waals surface area contributed by atoms with E-state index in [-0.39, 0.29) is 0 Å². The van der Waals surface area contributed by atoms with Gasteiger partial charge in [0.25, 0.3) is 0 Å². The highest BCUT2D eigenvalue weighted by atomic mass is 35.8. The molecule has 16 heavy (non-hydrogen) atoms. The molecule has 10 heteroatoms. The van der Waals surface area contributed by atoms with Crippen LogP contribution in [-0.4, -0.2) is 17.5 Å². The van der Waals surface area contributed by atoms with Gasteiger partial charge in [-0.25, -0.2) is 26.3 Å². The molecule has 1 aliphatic carbocycles. The summed E-state index contributed by atoms with van der Waals surface area (Å²) in [7, 11) is 0. The maximum atomic E-state index is 13.7. The molecular weight excluding hydrogens is 320 g/mol. The van der Waals surface area contributed by atoms with Crippen molar-refractivity contribution in [1.29, 1.82) is 0 Å². The number of hydrogen-bond donors (Lipinski definition) is 0. The lowest BCUT2D eigenvalue weighted by atomic mass is 10.1. The molecule has 0 nitrogen and oxygen atoms in total. The lowest BCUT2D eigenvalue weighted by molar-refractivity contribution is 0.121. The normalized spacial score (nSPS) is 32.4. The van der Waals surface area contributed by atoms with Crippen LogP contribution in [0.2, 0.25) is 0 Å². The monoisotopic (exact) mass is 320 g/mol. The fourth-order valence-corrected chi connectivity index (χ4v) is 3.41. The molecule has 0 bridgehead atoms. The number of allylic oxidation sites excluding steroid dienone is 4. The summed E-state index contributed by atoms with van der Waals surface area (Å²) in [4.78, 5) is 0. The second-order valence-electron chi connectivity index (χ2n) is 2.86. The molecule has 0 unspecified atom stereocenters. The molecule has 0 radical (unpaired) electrons. The van der Waals surface area contributed by atoms with Crippen LogP contribution in [0.3, 0.4) is 0 Å². The van der Waals surface area contributed by atoms with Crippen molar-refractivity contribution >= 4 is 39.2 Å². The quantitative estimate of drug-likeness (QED) is 0.378. The Morgan fingerprint density at radius 1 is 1.00 bits per heavy atom. The van der Waals surface area contributed by atoms with Crippen LogP contribution >= 0.6 is 33.2 Å². The minimum Gasteiger partial charge on any atom is -0.236 e. The smallest absolute Gasteiger partial charge is 0.236 e. The lowest BCUT2D eigenvalue weighted by Crippen LogP contribution is -2.53. The molecule has 2 atom stereocenters. The van der Waals surface area contributed by atoms with Crippen LogP contribution in [0.1, 0.15) is 0 Å². The summed E-state index contributed by atoms with van der Waals surface area (Å²) in [6, 6.07) is -4.86. The van der Waals surface area contributed by atoms with Crippen molar-refractivity contribution in [2.45, 2.75) is 11.5 Å². The summed E-state index contributed by atoms with van der Waals surface area (Å²) in [6.45, 7) is 0. The predicted molar refractivity (Wildman–Crippen MR) is 50.5 cm³/mol. The molecule has 0 N–H and O–H groups in total. The van der Waals surface area contributed by atoms with Gasteiger partial charge in [0.1, 0.15) is 0 Å². The van der Waals surface area contributed by atoms with E-state index in [9.17, 15) is 26.3 Å². The van der Waals surface area contributed by atoms with Gasteiger partial charge in [0.05, 0.1) is 0 Å². The Morgan fingerprint density at radius 2 is 1.44 bits per heavy atom. The molecule has 0 aliphatic heterocycles. The van der Waals surface area contributed by atoms with Crippen molar-refractivity contribution in [3.05, 3.63) is 23.3 Å². The van der Waals surface area contributed by atoms with Crippen LogP contribution < -0.4 is 0 Å². The van der Waals surface area contributed by atoms with Crippen LogP contribution in [0.4, 0.5) is 26.3 Å². The molecule has 0 saturated heterocycles. The SMILES string of the molecule is FC1=C(F)[C@H](F)[C@@](F)([Si](Cl)(Cl)Cl)C(F)=C1F. The second-order valence-corrected chi connectivity index (χ2v) is 11.4. The third kappa shape index (κ3) is 1.77. The first-order valence-corrected chi connectivity index (χ1v) is 8.59. The molecule has 0 aromatic rings. The van der Waals surface area contributed by atoms with Gasteiger partial charge < -0.3 is 0 Å². The van der Waals surface area contributed by atoms with E-state index in [1.807, 2.05) is 0 Å². The van der Waals surface area contributed by atoms with Crippen molar-refractivity contribution in [2.24, 2.45) is 0 Å². The fraction of sp³-hybridized carbons (Fsp3) is 0.333. The van der Waals surface area contributed by atoms with Crippen molar-refractivity contribution in [3.8, 4) is 0 Å². The molecule has 1 aliphatic rings. The molecule has 0 aromatic heterocycles. The van der Waals surface area contributed by atoms with Crippen LogP contribution in [0.15, 0.2) is 23.3 Å². The molecule has 0 spiro atoms. The topological polar surface area (TPSA) is 0 Å². The van der Waals surface area contributed by atoms with Gasteiger partial charge in [-0.05, 0) is 0 Å². The first kappa shape index (κ1) is 14.2. The van der Waals surface area contributed by atoms with Crippen molar-refractivity contribution in [1.82, 2.24) is 0 Å². The summed E-state index contributed by atoms with van der Waals surface area (Å²) in [5.74, 6) is -10.1. The lowest BCUT2D eigenvalue weighted by Gasteiger charge is -2.33. The zero-order valence-electron chi connectivity index (χ0n) is 6.98. The van der Waals surface area contributed by atoms with E-state index in [1.165, 1.54) is 0 Å². The predicted octanol–water partition coefficient (Wildman–Crippen LogP) is 4.54. The molecule has 1 rings (SSSR count). The highest BCUT2D eigenvalue weighted by Crippen LogP contribution is 2.52. The van der Waals surface area contributed by atoms with Gasteiger partial charge in [-0.3, -0.25) is 0 Å². The van der Waals surface area contributed by atoms with E-state index in [0.29, 0.717) is 0 Å². The fourth-order valence-electron chi connectivity index (χ4n) is 1.03. The van der Waals surface area contributed by atoms with E-state index in [2.05, 4.69) is 0 Å². The summed E-state index contributed by atoms with van der Waals surface area (Å²) < 4.78 is 77.8. The summed E-state index contributed by atoms with van der Waals surface area (Å²) in [5.41, 5.74) is 0. The Hall–Kier alpha value is 0.147. The molecule has 0 fully saturated rings. The van der Waals surface area contributed by atoms with E-state index >= 15 is 0 Å². The third-order valence-electron chi connectivity index (χ3n) is 1.90. The Balaban J connectivity index is 3.48. The van der Waals surface area contributed by atoms with Crippen molar-refractivity contribution in [2.75, 3.05) is 0 Å². The first-order valence-electron chi connectivity index (χ1n) is 3.56. The molecule has 92 valence electrons. The van der Waals surface area contributed by atoms with Gasteiger partial charge in [-0.1, -0.05) is 0 Å². The van der Waals surface area contributed by atoms with E-state index in [4.69, 9.17) is 33.2 Å². The maximum Gasteiger partial charge on any atom is 0.389 e. The average molecular weight is 322 g/mol. The Kier molecular flexibility index (Phi) is 3.65. The number of hydrogen-bond acceptors (Lipinski definition) is 0. The number of halogens is 9. The van der Waals surface area contributed by atoms with Gasteiger partial charge in [-0.15, -0.1) is 33.2 Å². The average Bonchev–Trinajstić information content (AvgIpc) is 2.19. The Labute approximate surface area is 101 Å². The van der Waals surface area contributed by atoms with Crippen LogP contribution in [0.5, 0.6) is 0 Å². The van der Waals surface area contributed by atoms with Crippen LogP contribution in [-0.2, 0) is 0 Å². The second kappa shape index (κ2) is 4.11. The third-order valence-corrected chi connectivity index (χ3v) is 5.67. The summed E-state index contributed by atoms with van der Waals surface area (Å²) in [5, 5.41) is -4.11. The highest BCUT2D eigenvalue weighted by molar-refractivity contribution is 7.66. The van der Waals surface area contributed by atoms with Gasteiger partial charge in [0, 0.05) is 0 Å². The molecule has 0 amide bonds. The zero-order valence-corrected chi connectivity index (χ0v) is 10.2. The standard InChI is InChI=1S/C6HCl3F6Si/c7-16(8,9)6(15)4(13)2(11)1(10)3(12)5(6)14/h4H/t4-,6+/m0/s1. The van der Waals surface area contributed by atoms with E-state index < -0.39 is 40.8 Å². The van der Waals surface area contributed by atoms with Crippen LogP contribution in [0, 0.1) is 0 Å². The Bertz CT molecular complexity index is 388. The number of alkyl halides is 2. The molecular formula is C6HCl3F6Si. The molecule has 0 saturated carbocycles. The van der Waals surface area contributed by atoms with E-state index in [1.54, 1.807) is 0 Å². The Morgan fingerprint density at radius 3 is 1.81 bits per heavy atom. The minimum absolute atomic E-state index is 2.47. The van der Waals surface area contributed by atoms with E-state index in [0.717, 1.165) is 0 Å². The maximum absolute atomic E-state index is 13.7. The zero-order chi connectivity index (χ0) is 12.9. The van der Waals surface area contributed by atoms with Crippen LogP contribution in [0.25, 0.3) is 0 Å². The summed E-state index contributed by atoms with van der Waals surface area (Å²) >= 11 is 15.1. The molecule has 0 heterocycles. The minimum atomic E-state index is -4.86. The van der Waals surface area contributed by atoms with Gasteiger partial charge in [0.15, 0.2) is 29.5 Å². The highest BCUT2D eigenvalue weighted by Gasteiger charge is 2.67. The van der Waals surface area contributed by atoms with Crippen molar-refractivity contribution in [3.63, 3.8) is 0 Å². The molecule has 0 aromatic carbocycles. The summed E-state index contributed by atoms with van der Waals surface area (Å²) in [6.07, 6.45) is -3.52. The number of rotatable bonds is 1.